The van der Waals surface area contributed by atoms with Gasteiger partial charge in [0.05, 0.1) is 5.54 Å². The first-order valence-electron chi connectivity index (χ1n) is 7.07. The lowest BCUT2D eigenvalue weighted by Crippen LogP contribution is -2.49. The zero-order valence-corrected chi connectivity index (χ0v) is 13.8. The van der Waals surface area contributed by atoms with Crippen molar-refractivity contribution in [3.63, 3.8) is 0 Å². The van der Waals surface area contributed by atoms with Crippen LogP contribution >= 0.6 is 24.4 Å². The number of para-hydroxylation sites is 1. The molecule has 6 N–H and O–H groups in total. The summed E-state index contributed by atoms with van der Waals surface area (Å²) >= 11 is 9.95. The standard InChI is InChI=1S/C16H20N4S2/c17-14(21)19-13-7-3-2-6-12(13)8-11-16(20-15(18)22)9-4-1-5-10-16/h1-7,9H,8,10-11H2,(H3,17,19,21)(H3,18,20,22). The van der Waals surface area contributed by atoms with Crippen molar-refractivity contribution >= 4 is 40.3 Å². The predicted molar refractivity (Wildman–Crippen MR) is 101 cm³/mol. The number of nitrogens with one attached hydrogen (secondary N) is 2. The Hall–Kier alpha value is -1.92. The van der Waals surface area contributed by atoms with E-state index in [1.54, 1.807) is 0 Å². The third-order valence-electron chi connectivity index (χ3n) is 3.63. The van der Waals surface area contributed by atoms with Gasteiger partial charge in [-0.25, -0.2) is 0 Å². The highest BCUT2D eigenvalue weighted by molar-refractivity contribution is 7.80. The van der Waals surface area contributed by atoms with E-state index in [0.29, 0.717) is 5.11 Å². The number of rotatable bonds is 5. The number of nitrogens with two attached hydrogens (primary N) is 2. The summed E-state index contributed by atoms with van der Waals surface area (Å²) in [6.07, 6.45) is 10.8. The smallest absolute Gasteiger partial charge is 0.168 e. The third-order valence-corrected chi connectivity index (χ3v) is 3.84. The lowest BCUT2D eigenvalue weighted by Gasteiger charge is -2.33. The summed E-state index contributed by atoms with van der Waals surface area (Å²) in [5.74, 6) is 0. The van der Waals surface area contributed by atoms with Crippen molar-refractivity contribution in [1.29, 1.82) is 0 Å². The van der Waals surface area contributed by atoms with Crippen LogP contribution in [0, 0.1) is 0 Å². The molecule has 22 heavy (non-hydrogen) atoms. The molecular weight excluding hydrogens is 312 g/mol. The summed E-state index contributed by atoms with van der Waals surface area (Å²) in [5, 5.41) is 6.83. The largest absolute Gasteiger partial charge is 0.376 e. The van der Waals surface area contributed by atoms with E-state index >= 15 is 0 Å². The van der Waals surface area contributed by atoms with Crippen LogP contribution in [0.15, 0.2) is 48.6 Å². The molecule has 1 aromatic carbocycles. The molecule has 1 aliphatic rings. The van der Waals surface area contributed by atoms with Crippen LogP contribution in [0.1, 0.15) is 18.4 Å². The molecule has 2 rings (SSSR count). The van der Waals surface area contributed by atoms with Gasteiger partial charge in [0.25, 0.3) is 0 Å². The second-order valence-corrected chi connectivity index (χ2v) is 6.16. The second kappa shape index (κ2) is 7.38. The van der Waals surface area contributed by atoms with Crippen LogP contribution in [-0.2, 0) is 6.42 Å². The molecule has 0 saturated heterocycles. The molecule has 1 unspecified atom stereocenters. The van der Waals surface area contributed by atoms with E-state index in [1.165, 1.54) is 0 Å². The number of thiocarbonyl (C=S) groups is 2. The van der Waals surface area contributed by atoms with Gasteiger partial charge in [0.1, 0.15) is 0 Å². The highest BCUT2D eigenvalue weighted by Crippen LogP contribution is 2.26. The molecule has 0 saturated carbocycles. The molecule has 0 fully saturated rings. The van der Waals surface area contributed by atoms with Gasteiger partial charge in [0, 0.05) is 5.69 Å². The van der Waals surface area contributed by atoms with E-state index < -0.39 is 0 Å². The lowest BCUT2D eigenvalue weighted by atomic mass is 9.85. The Balaban J connectivity index is 2.13. The van der Waals surface area contributed by atoms with Gasteiger partial charge in [-0.15, -0.1) is 0 Å². The van der Waals surface area contributed by atoms with E-state index in [2.05, 4.69) is 28.9 Å². The van der Waals surface area contributed by atoms with Crippen molar-refractivity contribution < 1.29 is 0 Å². The minimum atomic E-state index is -0.239. The van der Waals surface area contributed by atoms with E-state index in [1.807, 2.05) is 30.4 Å². The fourth-order valence-electron chi connectivity index (χ4n) is 2.60. The van der Waals surface area contributed by atoms with Crippen molar-refractivity contribution in [3.8, 4) is 0 Å². The summed E-state index contributed by atoms with van der Waals surface area (Å²) in [5.41, 5.74) is 13.1. The van der Waals surface area contributed by atoms with E-state index in [9.17, 15) is 0 Å². The maximum Gasteiger partial charge on any atom is 0.168 e. The highest BCUT2D eigenvalue weighted by atomic mass is 32.1. The monoisotopic (exact) mass is 332 g/mol. The normalized spacial score (nSPS) is 19.6. The molecule has 0 aromatic heterocycles. The SMILES string of the molecule is NC(=S)Nc1ccccc1CCC1(NC(N)=S)C=CC=CC1. The average Bonchev–Trinajstić information content (AvgIpc) is 2.46. The van der Waals surface area contributed by atoms with E-state index in [4.69, 9.17) is 35.9 Å². The van der Waals surface area contributed by atoms with Crippen molar-refractivity contribution in [1.82, 2.24) is 5.32 Å². The van der Waals surface area contributed by atoms with Gasteiger partial charge in [-0.05, 0) is 55.3 Å². The summed E-state index contributed by atoms with van der Waals surface area (Å²) in [6.45, 7) is 0. The Morgan fingerprint density at radius 1 is 1.14 bits per heavy atom. The number of allylic oxidation sites excluding steroid dienone is 2. The first kappa shape index (κ1) is 16.5. The summed E-state index contributed by atoms with van der Waals surface area (Å²) < 4.78 is 0. The number of anilines is 1. The molecule has 0 bridgehead atoms. The topological polar surface area (TPSA) is 76.1 Å². The minimum absolute atomic E-state index is 0.239. The van der Waals surface area contributed by atoms with Crippen LogP contribution in [-0.4, -0.2) is 15.8 Å². The summed E-state index contributed by atoms with van der Waals surface area (Å²) in [7, 11) is 0. The van der Waals surface area contributed by atoms with Gasteiger partial charge in [-0.3, -0.25) is 0 Å². The third kappa shape index (κ3) is 4.54. The number of aryl methyl sites for hydroxylation is 1. The number of hydrogen-bond donors (Lipinski definition) is 4. The number of benzene rings is 1. The summed E-state index contributed by atoms with van der Waals surface area (Å²) in [6, 6.07) is 8.00. The van der Waals surface area contributed by atoms with E-state index in [0.717, 1.165) is 30.5 Å². The fraction of sp³-hybridized carbons (Fsp3) is 0.250. The van der Waals surface area contributed by atoms with Gasteiger partial charge in [-0.2, -0.15) is 0 Å². The van der Waals surface area contributed by atoms with Crippen LogP contribution in [0.5, 0.6) is 0 Å². The van der Waals surface area contributed by atoms with Crippen molar-refractivity contribution in [3.05, 3.63) is 54.1 Å². The van der Waals surface area contributed by atoms with Crippen LogP contribution in [0.3, 0.4) is 0 Å². The molecule has 0 spiro atoms. The molecule has 0 amide bonds. The highest BCUT2D eigenvalue weighted by Gasteiger charge is 2.27. The second-order valence-electron chi connectivity index (χ2n) is 5.28. The van der Waals surface area contributed by atoms with Gasteiger partial charge in [-0.1, -0.05) is 42.5 Å². The zero-order chi connectivity index (χ0) is 16.0. The zero-order valence-electron chi connectivity index (χ0n) is 12.2. The Bertz CT molecular complexity index is 624. The van der Waals surface area contributed by atoms with Crippen molar-refractivity contribution in [2.24, 2.45) is 11.5 Å². The molecule has 1 aliphatic carbocycles. The number of hydrogen-bond acceptors (Lipinski definition) is 2. The van der Waals surface area contributed by atoms with Gasteiger partial charge < -0.3 is 22.1 Å². The average molecular weight is 332 g/mol. The molecule has 6 heteroatoms. The molecule has 0 heterocycles. The Labute approximate surface area is 141 Å². The molecular formula is C16H20N4S2. The Morgan fingerprint density at radius 3 is 2.55 bits per heavy atom. The predicted octanol–water partition coefficient (Wildman–Crippen LogP) is 2.36. The van der Waals surface area contributed by atoms with Crippen molar-refractivity contribution in [2.45, 2.75) is 24.8 Å². The molecule has 1 atom stereocenters. The lowest BCUT2D eigenvalue weighted by molar-refractivity contribution is 0.439. The molecule has 1 aromatic rings. The maximum absolute atomic E-state index is 5.69. The minimum Gasteiger partial charge on any atom is -0.376 e. The van der Waals surface area contributed by atoms with Gasteiger partial charge >= 0.3 is 0 Å². The molecule has 0 aliphatic heterocycles. The van der Waals surface area contributed by atoms with Gasteiger partial charge in [0.2, 0.25) is 0 Å². The van der Waals surface area contributed by atoms with Crippen LogP contribution in [0.2, 0.25) is 0 Å². The molecule has 116 valence electrons. The Morgan fingerprint density at radius 2 is 1.91 bits per heavy atom. The Kier molecular flexibility index (Phi) is 5.51. The van der Waals surface area contributed by atoms with E-state index in [-0.39, 0.29) is 10.7 Å². The van der Waals surface area contributed by atoms with Crippen LogP contribution < -0.4 is 22.1 Å². The van der Waals surface area contributed by atoms with Crippen molar-refractivity contribution in [2.75, 3.05) is 5.32 Å². The first-order chi connectivity index (χ1) is 10.5. The first-order valence-corrected chi connectivity index (χ1v) is 7.89. The fourth-order valence-corrected chi connectivity index (χ4v) is 2.91. The molecule has 4 nitrogen and oxygen atoms in total. The summed E-state index contributed by atoms with van der Waals surface area (Å²) in [4.78, 5) is 0. The van der Waals surface area contributed by atoms with Crippen LogP contribution in [0.25, 0.3) is 0 Å². The van der Waals surface area contributed by atoms with Crippen LogP contribution in [0.4, 0.5) is 5.69 Å². The van der Waals surface area contributed by atoms with Gasteiger partial charge in [0.15, 0.2) is 10.2 Å². The quantitative estimate of drug-likeness (QED) is 0.620. The molecule has 0 radical (unpaired) electrons. The maximum atomic E-state index is 5.69.